The van der Waals surface area contributed by atoms with E-state index in [1.165, 1.54) is 0 Å². The normalized spacial score (nSPS) is 11.2. The van der Waals surface area contributed by atoms with Crippen LogP contribution in [0.4, 0.5) is 0 Å². The highest BCUT2D eigenvalue weighted by Gasteiger charge is 2.15. The molecule has 0 bridgehead atoms. The first-order chi connectivity index (χ1) is 13.7. The van der Waals surface area contributed by atoms with E-state index in [1.807, 2.05) is 36.4 Å². The van der Waals surface area contributed by atoms with Crippen molar-refractivity contribution in [2.45, 2.75) is 19.4 Å². The highest BCUT2D eigenvalue weighted by atomic mass is 16.3. The number of rotatable bonds is 6. The minimum atomic E-state index is 0.151. The molecule has 0 unspecified atom stereocenters. The van der Waals surface area contributed by atoms with Crippen molar-refractivity contribution >= 4 is 11.0 Å². The van der Waals surface area contributed by atoms with Gasteiger partial charge in [0.2, 0.25) is 0 Å². The topological polar surface area (TPSA) is 91.4 Å². The van der Waals surface area contributed by atoms with Crippen molar-refractivity contribution in [1.82, 2.24) is 15.0 Å². The van der Waals surface area contributed by atoms with Crippen LogP contribution in [0.3, 0.4) is 0 Å². The summed E-state index contributed by atoms with van der Waals surface area (Å²) in [7, 11) is 0. The van der Waals surface area contributed by atoms with Gasteiger partial charge in [-0.1, -0.05) is 36.4 Å². The minimum Gasteiger partial charge on any atom is -0.508 e. The van der Waals surface area contributed by atoms with Crippen LogP contribution in [0.25, 0.3) is 33.3 Å². The van der Waals surface area contributed by atoms with Crippen LogP contribution in [-0.2, 0) is 6.54 Å². The highest BCUT2D eigenvalue weighted by molar-refractivity contribution is 6.00. The Morgan fingerprint density at radius 1 is 0.643 bits per heavy atom. The average Bonchev–Trinajstić information content (AvgIpc) is 3.13. The Kier molecular flexibility index (Phi) is 4.95. The summed E-state index contributed by atoms with van der Waals surface area (Å²) in [5, 5.41) is 37.6. The van der Waals surface area contributed by atoms with Crippen molar-refractivity contribution in [2.75, 3.05) is 6.61 Å². The van der Waals surface area contributed by atoms with E-state index in [4.69, 9.17) is 15.3 Å². The van der Waals surface area contributed by atoms with E-state index in [9.17, 15) is 10.2 Å². The lowest BCUT2D eigenvalue weighted by Gasteiger charge is -2.07. The molecule has 0 fully saturated rings. The second kappa shape index (κ2) is 7.70. The zero-order valence-corrected chi connectivity index (χ0v) is 15.3. The summed E-state index contributed by atoms with van der Waals surface area (Å²) < 4.78 is 0. The molecule has 0 amide bonds. The summed E-state index contributed by atoms with van der Waals surface area (Å²) in [6.45, 7) is 0.775. The number of hydrogen-bond acceptors (Lipinski definition) is 5. The molecule has 3 N–H and O–H groups in total. The zero-order chi connectivity index (χ0) is 19.5. The maximum atomic E-state index is 9.58. The van der Waals surface area contributed by atoms with E-state index in [1.54, 1.807) is 29.1 Å². The molecule has 0 spiro atoms. The molecule has 0 aliphatic heterocycles. The van der Waals surface area contributed by atoms with Crippen LogP contribution >= 0.6 is 0 Å². The SMILES string of the molecule is OCCCCn1nc2c(-c3ccc(O)cc3)ccc(-c3ccc(O)cc3)c2n1. The fourth-order valence-electron chi connectivity index (χ4n) is 3.25. The van der Waals surface area contributed by atoms with E-state index >= 15 is 0 Å². The molecule has 4 rings (SSSR count). The van der Waals surface area contributed by atoms with Gasteiger partial charge in [0.1, 0.15) is 22.5 Å². The monoisotopic (exact) mass is 375 g/mol. The first-order valence-electron chi connectivity index (χ1n) is 9.23. The average molecular weight is 375 g/mol. The molecule has 142 valence electrons. The number of benzene rings is 3. The van der Waals surface area contributed by atoms with Gasteiger partial charge in [-0.05, 0) is 48.2 Å². The van der Waals surface area contributed by atoms with E-state index < -0.39 is 0 Å². The number of nitrogens with zero attached hydrogens (tertiary/aromatic N) is 3. The van der Waals surface area contributed by atoms with E-state index in [0.29, 0.717) is 13.0 Å². The molecule has 0 saturated carbocycles. The number of hydrogen-bond donors (Lipinski definition) is 3. The molecule has 28 heavy (non-hydrogen) atoms. The van der Waals surface area contributed by atoms with Crippen LogP contribution in [0.15, 0.2) is 60.7 Å². The molecule has 4 aromatic rings. The zero-order valence-electron chi connectivity index (χ0n) is 15.3. The Balaban J connectivity index is 1.85. The van der Waals surface area contributed by atoms with Crippen LogP contribution < -0.4 is 0 Å². The van der Waals surface area contributed by atoms with Gasteiger partial charge in [-0.2, -0.15) is 15.0 Å². The molecule has 0 saturated heterocycles. The second-order valence-electron chi connectivity index (χ2n) is 6.68. The Morgan fingerprint density at radius 3 is 1.54 bits per heavy atom. The van der Waals surface area contributed by atoms with Crippen LogP contribution in [-0.4, -0.2) is 36.9 Å². The van der Waals surface area contributed by atoms with Crippen molar-refractivity contribution in [3.05, 3.63) is 60.7 Å². The first kappa shape index (κ1) is 18.0. The molecular formula is C22H21N3O3. The quantitative estimate of drug-likeness (QED) is 0.444. The molecule has 0 radical (unpaired) electrons. The summed E-state index contributed by atoms with van der Waals surface area (Å²) >= 11 is 0. The largest absolute Gasteiger partial charge is 0.508 e. The van der Waals surface area contributed by atoms with Gasteiger partial charge in [-0.15, -0.1) is 0 Å². The van der Waals surface area contributed by atoms with Crippen LogP contribution in [0, 0.1) is 0 Å². The van der Waals surface area contributed by atoms with E-state index in [2.05, 4.69) is 0 Å². The smallest absolute Gasteiger partial charge is 0.121 e. The van der Waals surface area contributed by atoms with Gasteiger partial charge in [-0.3, -0.25) is 0 Å². The number of fused-ring (bicyclic) bond motifs is 1. The molecule has 0 aliphatic carbocycles. The summed E-state index contributed by atoms with van der Waals surface area (Å²) in [6, 6.07) is 18.0. The molecule has 1 aromatic heterocycles. The lowest BCUT2D eigenvalue weighted by Crippen LogP contribution is -2.02. The van der Waals surface area contributed by atoms with E-state index in [-0.39, 0.29) is 18.1 Å². The maximum absolute atomic E-state index is 9.58. The highest BCUT2D eigenvalue weighted by Crippen LogP contribution is 2.34. The second-order valence-corrected chi connectivity index (χ2v) is 6.68. The van der Waals surface area contributed by atoms with Gasteiger partial charge in [0.15, 0.2) is 0 Å². The summed E-state index contributed by atoms with van der Waals surface area (Å²) in [4.78, 5) is 1.67. The lowest BCUT2D eigenvalue weighted by atomic mass is 9.98. The van der Waals surface area contributed by atoms with Crippen LogP contribution in [0.5, 0.6) is 11.5 Å². The summed E-state index contributed by atoms with van der Waals surface area (Å²) in [6.07, 6.45) is 1.49. The standard InChI is InChI=1S/C22H21N3O3/c26-14-2-1-13-25-23-21-19(15-3-7-17(27)8-4-15)11-12-20(22(21)24-25)16-5-9-18(28)10-6-16/h3-12,26-28H,1-2,13-14H2. The fraction of sp³-hybridized carbons (Fsp3) is 0.182. The number of aryl methyl sites for hydroxylation is 1. The van der Waals surface area contributed by atoms with Gasteiger partial charge < -0.3 is 15.3 Å². The molecule has 6 heteroatoms. The molecule has 6 nitrogen and oxygen atoms in total. The molecule has 0 atom stereocenters. The molecular weight excluding hydrogens is 354 g/mol. The number of phenols is 2. The number of aliphatic hydroxyl groups is 1. The summed E-state index contributed by atoms with van der Waals surface area (Å²) in [5.41, 5.74) is 5.32. The van der Waals surface area contributed by atoms with Gasteiger partial charge in [-0.25, -0.2) is 0 Å². The van der Waals surface area contributed by atoms with Gasteiger partial charge in [0.05, 0.1) is 6.54 Å². The van der Waals surface area contributed by atoms with Gasteiger partial charge >= 0.3 is 0 Å². The fourth-order valence-corrected chi connectivity index (χ4v) is 3.25. The van der Waals surface area contributed by atoms with Crippen molar-refractivity contribution in [2.24, 2.45) is 0 Å². The predicted molar refractivity (Wildman–Crippen MR) is 108 cm³/mol. The molecule has 3 aromatic carbocycles. The third kappa shape index (κ3) is 3.54. The molecule has 1 heterocycles. The number of aliphatic hydroxyl groups excluding tert-OH is 1. The number of aromatic nitrogens is 3. The number of phenolic OH excluding ortho intramolecular Hbond substituents is 2. The minimum absolute atomic E-state index is 0.151. The van der Waals surface area contributed by atoms with Crippen molar-refractivity contribution in [3.63, 3.8) is 0 Å². The van der Waals surface area contributed by atoms with Crippen molar-refractivity contribution in [3.8, 4) is 33.8 Å². The summed E-state index contributed by atoms with van der Waals surface area (Å²) in [5.74, 6) is 0.432. The Hall–Kier alpha value is -3.38. The maximum Gasteiger partial charge on any atom is 0.121 e. The molecule has 0 aliphatic rings. The lowest BCUT2D eigenvalue weighted by molar-refractivity contribution is 0.278. The van der Waals surface area contributed by atoms with Crippen molar-refractivity contribution < 1.29 is 15.3 Å². The van der Waals surface area contributed by atoms with Crippen molar-refractivity contribution in [1.29, 1.82) is 0 Å². The third-order valence-electron chi connectivity index (χ3n) is 4.70. The van der Waals surface area contributed by atoms with Gasteiger partial charge in [0, 0.05) is 17.7 Å². The predicted octanol–water partition coefficient (Wildman–Crippen LogP) is 3.95. The number of unbranched alkanes of at least 4 members (excludes halogenated alkanes) is 1. The van der Waals surface area contributed by atoms with Crippen LogP contribution in [0.2, 0.25) is 0 Å². The first-order valence-corrected chi connectivity index (χ1v) is 9.23. The third-order valence-corrected chi connectivity index (χ3v) is 4.70. The Bertz CT molecular complexity index is 1000. The van der Waals surface area contributed by atoms with Crippen LogP contribution in [0.1, 0.15) is 12.8 Å². The Labute approximate surface area is 162 Å². The Morgan fingerprint density at radius 2 is 1.11 bits per heavy atom. The van der Waals surface area contributed by atoms with E-state index in [0.717, 1.165) is 39.7 Å². The number of aromatic hydroxyl groups is 2. The van der Waals surface area contributed by atoms with Gasteiger partial charge in [0.25, 0.3) is 0 Å².